The van der Waals surface area contributed by atoms with Crippen molar-refractivity contribution >= 4 is 45.7 Å². The molecule has 0 saturated heterocycles. The van der Waals surface area contributed by atoms with E-state index in [1.165, 1.54) is 6.26 Å². The Morgan fingerprint density at radius 1 is 1.17 bits per heavy atom. The summed E-state index contributed by atoms with van der Waals surface area (Å²) in [5.41, 5.74) is 0.961. The van der Waals surface area contributed by atoms with Gasteiger partial charge in [0, 0.05) is 11.4 Å². The molecule has 148 valence electrons. The van der Waals surface area contributed by atoms with Gasteiger partial charge < -0.3 is 19.7 Å². The smallest absolute Gasteiger partial charge is 0.339 e. The van der Waals surface area contributed by atoms with Crippen molar-refractivity contribution in [2.45, 2.75) is 13.0 Å². The van der Waals surface area contributed by atoms with Gasteiger partial charge in [0.2, 0.25) is 0 Å². The van der Waals surface area contributed by atoms with Crippen LogP contribution in [-0.4, -0.2) is 34.3 Å². The summed E-state index contributed by atoms with van der Waals surface area (Å²) in [6, 6.07) is 9.76. The van der Waals surface area contributed by atoms with E-state index in [2.05, 4.69) is 5.32 Å². The van der Waals surface area contributed by atoms with Crippen molar-refractivity contribution in [3.05, 3.63) is 75.0 Å². The summed E-state index contributed by atoms with van der Waals surface area (Å²) in [4.78, 5) is 39.3. The predicted octanol–water partition coefficient (Wildman–Crippen LogP) is 4.14. The monoisotopic (exact) mass is 430 g/mol. The number of carboxylic acids is 1. The quantitative estimate of drug-likeness (QED) is 0.647. The van der Waals surface area contributed by atoms with Gasteiger partial charge in [0.25, 0.3) is 11.8 Å². The van der Waals surface area contributed by atoms with Gasteiger partial charge in [-0.15, -0.1) is 11.3 Å². The number of fused-ring (bicyclic) bond motifs is 1. The highest BCUT2D eigenvalue weighted by Crippen LogP contribution is 2.38. The number of rotatable bonds is 4. The molecule has 0 aliphatic carbocycles. The van der Waals surface area contributed by atoms with E-state index >= 15 is 0 Å². The fraction of sp³-hybridized carbons (Fsp3) is 0.150. The Morgan fingerprint density at radius 3 is 2.66 bits per heavy atom. The molecule has 7 nitrogen and oxygen atoms in total. The molecule has 1 aliphatic heterocycles. The third-order valence-corrected chi connectivity index (χ3v) is 6.10. The molecule has 0 radical (unpaired) electrons. The number of halogens is 1. The summed E-state index contributed by atoms with van der Waals surface area (Å²) in [6.45, 7) is 0.614. The lowest BCUT2D eigenvalue weighted by atomic mass is 10.0. The first kappa shape index (κ1) is 19.2. The summed E-state index contributed by atoms with van der Waals surface area (Å²) in [5.74, 6) is -1.63. The van der Waals surface area contributed by atoms with Crippen LogP contribution in [0.5, 0.6) is 0 Å². The Hall–Kier alpha value is -3.10. The average molecular weight is 431 g/mol. The van der Waals surface area contributed by atoms with Crippen molar-refractivity contribution in [3.63, 3.8) is 0 Å². The number of nitrogens with one attached hydrogen (secondary N) is 1. The molecular weight excluding hydrogens is 416 g/mol. The van der Waals surface area contributed by atoms with Crippen molar-refractivity contribution in [2.24, 2.45) is 0 Å². The SMILES string of the molecule is O=C(Nc1sc2c(c1C(=O)O)CCN(C(=O)c1ccco1)C2)c1ccccc1Cl. The molecule has 0 unspecified atom stereocenters. The molecule has 2 N–H and O–H groups in total. The number of benzene rings is 1. The Bertz CT molecular complexity index is 1110. The minimum absolute atomic E-state index is 0.0653. The van der Waals surface area contributed by atoms with E-state index < -0.39 is 11.9 Å². The molecule has 4 rings (SSSR count). The summed E-state index contributed by atoms with van der Waals surface area (Å²) in [6.07, 6.45) is 1.81. The number of hydrogen-bond donors (Lipinski definition) is 2. The molecule has 1 aliphatic rings. The number of carbonyl (C=O) groups is 3. The fourth-order valence-electron chi connectivity index (χ4n) is 3.26. The van der Waals surface area contributed by atoms with Crippen LogP contribution in [0.4, 0.5) is 5.00 Å². The molecule has 29 heavy (non-hydrogen) atoms. The van der Waals surface area contributed by atoms with Crippen LogP contribution in [0.3, 0.4) is 0 Å². The Kier molecular flexibility index (Phi) is 5.12. The largest absolute Gasteiger partial charge is 0.478 e. The fourth-order valence-corrected chi connectivity index (χ4v) is 4.74. The van der Waals surface area contributed by atoms with E-state index in [0.717, 1.165) is 16.2 Å². The number of aromatic carboxylic acids is 1. The standard InChI is InChI=1S/C20H15ClN2O5S/c21-13-5-2-1-4-11(13)17(24)22-18-16(20(26)27)12-7-8-23(10-15(12)29-18)19(25)14-6-3-9-28-14/h1-6,9H,7-8,10H2,(H,22,24)(H,26,27). The minimum atomic E-state index is -1.12. The number of nitrogens with zero attached hydrogens (tertiary/aromatic N) is 1. The molecule has 3 aromatic rings. The van der Waals surface area contributed by atoms with E-state index in [0.29, 0.717) is 18.5 Å². The maximum atomic E-state index is 12.6. The lowest BCUT2D eigenvalue weighted by molar-refractivity contribution is 0.0694. The highest BCUT2D eigenvalue weighted by Gasteiger charge is 2.31. The number of furan rings is 1. The molecule has 9 heteroatoms. The molecule has 0 saturated carbocycles. The van der Waals surface area contributed by atoms with E-state index in [4.69, 9.17) is 16.0 Å². The number of amides is 2. The van der Waals surface area contributed by atoms with Crippen molar-refractivity contribution in [2.75, 3.05) is 11.9 Å². The minimum Gasteiger partial charge on any atom is -0.478 e. The van der Waals surface area contributed by atoms with Crippen LogP contribution in [0, 0.1) is 0 Å². The highest BCUT2D eigenvalue weighted by atomic mass is 35.5. The second-order valence-corrected chi connectivity index (χ2v) is 7.91. The van der Waals surface area contributed by atoms with Gasteiger partial charge in [0.05, 0.1) is 29.0 Å². The maximum Gasteiger partial charge on any atom is 0.339 e. The molecule has 3 heterocycles. The molecule has 0 atom stereocenters. The van der Waals surface area contributed by atoms with Gasteiger partial charge in [-0.05, 0) is 36.2 Å². The first-order valence-electron chi connectivity index (χ1n) is 8.72. The van der Waals surface area contributed by atoms with E-state index in [-0.39, 0.29) is 39.4 Å². The van der Waals surface area contributed by atoms with Crippen molar-refractivity contribution in [3.8, 4) is 0 Å². The number of carboxylic acid groups (broad SMARTS) is 1. The third kappa shape index (κ3) is 3.64. The lowest BCUT2D eigenvalue weighted by Gasteiger charge is -2.26. The highest BCUT2D eigenvalue weighted by molar-refractivity contribution is 7.17. The van der Waals surface area contributed by atoms with E-state index in [9.17, 15) is 19.5 Å². The second kappa shape index (κ2) is 7.73. The van der Waals surface area contributed by atoms with Crippen LogP contribution in [0.1, 0.15) is 41.7 Å². The summed E-state index contributed by atoms with van der Waals surface area (Å²) < 4.78 is 5.17. The third-order valence-electron chi connectivity index (χ3n) is 4.64. The van der Waals surface area contributed by atoms with Crippen LogP contribution in [-0.2, 0) is 13.0 Å². The number of carbonyl (C=O) groups excluding carboxylic acids is 2. The van der Waals surface area contributed by atoms with Crippen molar-refractivity contribution in [1.29, 1.82) is 0 Å². The van der Waals surface area contributed by atoms with Crippen LogP contribution >= 0.6 is 22.9 Å². The molecule has 2 amide bonds. The van der Waals surface area contributed by atoms with E-state index in [1.807, 2.05) is 0 Å². The van der Waals surface area contributed by atoms with Gasteiger partial charge >= 0.3 is 5.97 Å². The Labute approximate surface area is 174 Å². The van der Waals surface area contributed by atoms with Crippen LogP contribution in [0.25, 0.3) is 0 Å². The Morgan fingerprint density at radius 2 is 1.97 bits per heavy atom. The predicted molar refractivity (Wildman–Crippen MR) is 108 cm³/mol. The van der Waals surface area contributed by atoms with Crippen LogP contribution < -0.4 is 5.32 Å². The molecule has 2 aromatic heterocycles. The topological polar surface area (TPSA) is 99.9 Å². The van der Waals surface area contributed by atoms with Crippen LogP contribution in [0.15, 0.2) is 47.1 Å². The molecule has 0 fully saturated rings. The molecule has 0 spiro atoms. The number of hydrogen-bond acceptors (Lipinski definition) is 5. The summed E-state index contributed by atoms with van der Waals surface area (Å²) >= 11 is 7.22. The number of thiophene rings is 1. The first-order valence-corrected chi connectivity index (χ1v) is 9.91. The van der Waals surface area contributed by atoms with E-state index in [1.54, 1.807) is 41.3 Å². The molecule has 1 aromatic carbocycles. The zero-order chi connectivity index (χ0) is 20.5. The van der Waals surface area contributed by atoms with Crippen molar-refractivity contribution in [1.82, 2.24) is 4.90 Å². The Balaban J connectivity index is 1.62. The van der Waals surface area contributed by atoms with Gasteiger partial charge in [0.1, 0.15) is 5.00 Å². The molecular formula is C20H15ClN2O5S. The molecule has 0 bridgehead atoms. The maximum absolute atomic E-state index is 12.6. The number of anilines is 1. The summed E-state index contributed by atoms with van der Waals surface area (Å²) in [7, 11) is 0. The summed E-state index contributed by atoms with van der Waals surface area (Å²) in [5, 5.41) is 12.9. The van der Waals surface area contributed by atoms with Crippen LogP contribution in [0.2, 0.25) is 5.02 Å². The van der Waals surface area contributed by atoms with Gasteiger partial charge in [-0.25, -0.2) is 4.79 Å². The average Bonchev–Trinajstić information content (AvgIpc) is 3.34. The zero-order valence-corrected chi connectivity index (χ0v) is 16.5. The first-order chi connectivity index (χ1) is 14.0. The van der Waals surface area contributed by atoms with Gasteiger partial charge in [-0.3, -0.25) is 9.59 Å². The van der Waals surface area contributed by atoms with Crippen molar-refractivity contribution < 1.29 is 23.9 Å². The normalized spacial score (nSPS) is 13.1. The zero-order valence-electron chi connectivity index (χ0n) is 15.0. The second-order valence-electron chi connectivity index (χ2n) is 6.40. The lowest BCUT2D eigenvalue weighted by Crippen LogP contribution is -2.35. The van der Waals surface area contributed by atoms with Gasteiger partial charge in [-0.1, -0.05) is 23.7 Å². The van der Waals surface area contributed by atoms with Gasteiger partial charge in [0.15, 0.2) is 5.76 Å². The van der Waals surface area contributed by atoms with Gasteiger partial charge in [-0.2, -0.15) is 0 Å².